The Balaban J connectivity index is 0.000000799. The van der Waals surface area contributed by atoms with Gasteiger partial charge in [0.05, 0.1) is 55.2 Å². The van der Waals surface area contributed by atoms with Crippen molar-refractivity contribution in [2.75, 3.05) is 0 Å². The SMILES string of the molecule is O=C(OF)C1CCCC2C3NC4NC(NC5NC(NC6NC(NC(N3)C12)C1CCCCC61)C1CCCCC51)C1CCCCC41.[Cl][Ga]([Cl])[Cl]. The third-order valence-corrected chi connectivity index (χ3v) is 14.3. The number of fused-ring (bicyclic) bond motifs is 20. The van der Waals surface area contributed by atoms with Crippen LogP contribution < -0.4 is 42.5 Å². The molecule has 4 aliphatic carbocycles. The molecular formula is C33H55Cl3FGaN8O2. The van der Waals surface area contributed by atoms with Gasteiger partial charge in [0.1, 0.15) is 0 Å². The van der Waals surface area contributed by atoms with Gasteiger partial charge < -0.3 is 0 Å². The molecule has 4 saturated carbocycles. The summed E-state index contributed by atoms with van der Waals surface area (Å²) in [6.45, 7) is 0. The fraction of sp³-hybridized carbons (Fsp3) is 0.970. The third kappa shape index (κ3) is 7.00. The van der Waals surface area contributed by atoms with Crippen LogP contribution in [0.3, 0.4) is 0 Å². The molecule has 8 N–H and O–H groups in total. The van der Waals surface area contributed by atoms with Gasteiger partial charge in [-0.1, -0.05) is 44.9 Å². The van der Waals surface area contributed by atoms with Gasteiger partial charge in [0.2, 0.25) is 0 Å². The molecule has 9 rings (SSSR count). The molecule has 17 unspecified atom stereocenters. The van der Waals surface area contributed by atoms with Gasteiger partial charge in [-0.15, -0.1) is 0 Å². The van der Waals surface area contributed by atoms with Gasteiger partial charge in [-0.25, -0.2) is 4.79 Å². The van der Waals surface area contributed by atoms with E-state index in [1.165, 1.54) is 77.0 Å². The predicted octanol–water partition coefficient (Wildman–Crippen LogP) is 3.95. The van der Waals surface area contributed by atoms with E-state index in [1.54, 1.807) is 0 Å². The van der Waals surface area contributed by atoms with E-state index in [9.17, 15) is 9.32 Å². The molecule has 0 aromatic carbocycles. The summed E-state index contributed by atoms with van der Waals surface area (Å²) in [5, 5.41) is 32.7. The first kappa shape index (κ1) is 35.6. The first-order valence-electron chi connectivity index (χ1n) is 19.2. The molecule has 5 heterocycles. The molecule has 0 radical (unpaired) electrons. The molecule has 15 heteroatoms. The van der Waals surface area contributed by atoms with Crippen LogP contribution in [0.15, 0.2) is 0 Å². The Morgan fingerprint density at radius 3 is 1.04 bits per heavy atom. The second kappa shape index (κ2) is 15.5. The first-order chi connectivity index (χ1) is 23.4. The van der Waals surface area contributed by atoms with E-state index in [0.717, 1.165) is 12.8 Å². The van der Waals surface area contributed by atoms with E-state index in [2.05, 4.69) is 47.5 Å². The van der Waals surface area contributed by atoms with E-state index in [0.29, 0.717) is 54.3 Å². The van der Waals surface area contributed by atoms with Gasteiger partial charge in [0, 0.05) is 10.4 Å². The Kier molecular flexibility index (Phi) is 11.5. The van der Waals surface area contributed by atoms with Gasteiger partial charge >= 0.3 is 48.1 Å². The van der Waals surface area contributed by atoms with E-state index in [4.69, 9.17) is 28.9 Å². The van der Waals surface area contributed by atoms with E-state index < -0.39 is 25.1 Å². The van der Waals surface area contributed by atoms with Gasteiger partial charge in [-0.3, -0.25) is 47.5 Å². The van der Waals surface area contributed by atoms with Gasteiger partial charge in [0.25, 0.3) is 0 Å². The Hall–Kier alpha value is 0.586. The van der Waals surface area contributed by atoms with Gasteiger partial charge in [-0.05, 0) is 92.8 Å². The van der Waals surface area contributed by atoms with Crippen molar-refractivity contribution in [3.05, 3.63) is 0 Å². The summed E-state index contributed by atoms with van der Waals surface area (Å²) in [7, 11) is 15.0. The molecule has 5 saturated heterocycles. The maximum atomic E-state index is 13.5. The molecule has 10 nitrogen and oxygen atoms in total. The van der Waals surface area contributed by atoms with Crippen molar-refractivity contribution < 1.29 is 14.3 Å². The summed E-state index contributed by atoms with van der Waals surface area (Å²) in [5.74, 6) is 2.76. The van der Waals surface area contributed by atoms with Crippen LogP contribution >= 0.6 is 28.9 Å². The van der Waals surface area contributed by atoms with Crippen LogP contribution in [0.2, 0.25) is 0 Å². The first-order valence-corrected chi connectivity index (χ1v) is 28.8. The number of hydrogen-bond acceptors (Lipinski definition) is 10. The zero-order valence-electron chi connectivity index (χ0n) is 27.8. The number of halogens is 4. The van der Waals surface area contributed by atoms with Crippen molar-refractivity contribution in [3.63, 3.8) is 0 Å². The summed E-state index contributed by atoms with van der Waals surface area (Å²) in [6.07, 6.45) is 19.6. The standard InChI is InChI=1S/C33H55FN8O2.3ClH.Ga/c34-44-33(43)23-15-7-14-22-24(23)32-41-30-21-13-6-5-12-20(21)28(39-30)37-26-17-9-2-1-8-16(17)25(35-26)36-27-18-10-3-4-11-19(18)29(38-27)40-31(22)42-32;;;;/h16-32,35-42H,1-15H2;3*1H;/q;;;;+3/p-3. The predicted molar refractivity (Wildman–Crippen MR) is 187 cm³/mol. The Morgan fingerprint density at radius 1 is 0.458 bits per heavy atom. The molecule has 8 bridgehead atoms. The quantitative estimate of drug-likeness (QED) is 0.186. The van der Waals surface area contributed by atoms with Crippen molar-refractivity contribution in [3.8, 4) is 0 Å². The van der Waals surface area contributed by atoms with Crippen LogP contribution in [0.5, 0.6) is 0 Å². The van der Waals surface area contributed by atoms with Crippen LogP contribution in [0.25, 0.3) is 0 Å². The Bertz CT molecular complexity index is 1130. The van der Waals surface area contributed by atoms with Crippen LogP contribution in [-0.4, -0.2) is 68.5 Å². The van der Waals surface area contributed by atoms with Crippen LogP contribution in [0.1, 0.15) is 96.3 Å². The average Bonchev–Trinajstić information content (AvgIpc) is 3.83. The zero-order chi connectivity index (χ0) is 32.9. The number of rotatable bonds is 1. The molecule has 5 aliphatic heterocycles. The maximum absolute atomic E-state index is 13.5. The van der Waals surface area contributed by atoms with Crippen LogP contribution in [-0.2, 0) is 9.74 Å². The third-order valence-electron chi connectivity index (χ3n) is 14.3. The number of nitrogens with one attached hydrogen (secondary N) is 8. The minimum atomic E-state index is -2.06. The monoisotopic (exact) mass is 788 g/mol. The van der Waals surface area contributed by atoms with E-state index >= 15 is 0 Å². The molecule has 0 aromatic rings. The van der Waals surface area contributed by atoms with Crippen molar-refractivity contribution in [1.82, 2.24) is 42.5 Å². The summed E-state index contributed by atoms with van der Waals surface area (Å²) >= 11 is -2.06. The van der Waals surface area contributed by atoms with Crippen LogP contribution in [0, 0.1) is 53.3 Å². The van der Waals surface area contributed by atoms with Gasteiger partial charge in [-0.2, -0.15) is 0 Å². The fourth-order valence-corrected chi connectivity index (χ4v) is 12.4. The molecule has 48 heavy (non-hydrogen) atoms. The molecule has 9 fully saturated rings. The Labute approximate surface area is 302 Å². The number of carbonyl (C=O) groups excluding carboxylic acids is 1. The van der Waals surface area contributed by atoms with Gasteiger partial charge in [0.15, 0.2) is 0 Å². The Morgan fingerprint density at radius 2 is 0.729 bits per heavy atom. The molecule has 9 aliphatic rings. The topological polar surface area (TPSA) is 123 Å². The summed E-state index contributed by atoms with van der Waals surface area (Å²) in [6, 6.07) is 0. The van der Waals surface area contributed by atoms with Crippen molar-refractivity contribution >= 4 is 48.1 Å². The fourth-order valence-electron chi connectivity index (χ4n) is 12.4. The number of carbonyl (C=O) groups is 1. The minimum absolute atomic E-state index is 0.00538. The molecule has 0 spiro atoms. The normalized spacial score (nSPS) is 51.0. The molecule has 17 atom stereocenters. The van der Waals surface area contributed by atoms with E-state index in [1.807, 2.05) is 0 Å². The summed E-state index contributed by atoms with van der Waals surface area (Å²) in [5.41, 5.74) is 0. The zero-order valence-corrected chi connectivity index (χ0v) is 32.5. The molecule has 0 amide bonds. The second-order valence-electron chi connectivity index (χ2n) is 16.4. The summed E-state index contributed by atoms with van der Waals surface area (Å²) in [4.78, 5) is 16.8. The van der Waals surface area contributed by atoms with Crippen molar-refractivity contribution in [2.24, 2.45) is 53.3 Å². The van der Waals surface area contributed by atoms with E-state index in [-0.39, 0.29) is 48.8 Å². The summed E-state index contributed by atoms with van der Waals surface area (Å²) < 4.78 is 13.5. The van der Waals surface area contributed by atoms with Crippen molar-refractivity contribution in [2.45, 2.75) is 146 Å². The number of hydrogen-bond donors (Lipinski definition) is 8. The van der Waals surface area contributed by atoms with Crippen LogP contribution in [0.4, 0.5) is 4.53 Å². The molecule has 0 aromatic heterocycles. The molecule has 270 valence electrons. The average molecular weight is 791 g/mol. The molecular weight excluding hydrogens is 735 g/mol. The van der Waals surface area contributed by atoms with Crippen molar-refractivity contribution in [1.29, 1.82) is 0 Å². The second-order valence-corrected chi connectivity index (χ2v) is 27.7.